The van der Waals surface area contributed by atoms with Crippen molar-refractivity contribution in [3.05, 3.63) is 18.2 Å². The van der Waals surface area contributed by atoms with Crippen LogP contribution < -0.4 is 5.73 Å². The standard InChI is InChI=1S/C12H23N3/c1-4-8-15-9-7-14-11(15)10-12(13,5-2)6-3/h7,9H,4-6,8,10,13H2,1-3H3. The summed E-state index contributed by atoms with van der Waals surface area (Å²) in [5, 5.41) is 0. The topological polar surface area (TPSA) is 43.8 Å². The van der Waals surface area contributed by atoms with Crippen molar-refractivity contribution in [1.82, 2.24) is 9.55 Å². The molecule has 0 amide bonds. The van der Waals surface area contributed by atoms with Crippen molar-refractivity contribution in [2.45, 2.75) is 58.5 Å². The van der Waals surface area contributed by atoms with Gasteiger partial charge in [-0.1, -0.05) is 20.8 Å². The van der Waals surface area contributed by atoms with Crippen molar-refractivity contribution in [1.29, 1.82) is 0 Å². The van der Waals surface area contributed by atoms with Crippen LogP contribution in [0, 0.1) is 0 Å². The number of nitrogens with zero attached hydrogens (tertiary/aromatic N) is 2. The molecule has 3 nitrogen and oxygen atoms in total. The molecule has 1 aromatic heterocycles. The molecule has 15 heavy (non-hydrogen) atoms. The lowest BCUT2D eigenvalue weighted by molar-refractivity contribution is 0.378. The van der Waals surface area contributed by atoms with E-state index in [0.717, 1.165) is 38.1 Å². The van der Waals surface area contributed by atoms with E-state index in [2.05, 4.69) is 30.3 Å². The zero-order chi connectivity index (χ0) is 11.3. The van der Waals surface area contributed by atoms with E-state index in [0.29, 0.717) is 0 Å². The second kappa shape index (κ2) is 5.31. The van der Waals surface area contributed by atoms with Gasteiger partial charge in [0.05, 0.1) is 0 Å². The molecule has 0 aromatic carbocycles. The molecule has 0 radical (unpaired) electrons. The average Bonchev–Trinajstić information content (AvgIpc) is 2.66. The zero-order valence-corrected chi connectivity index (χ0v) is 10.2. The van der Waals surface area contributed by atoms with Crippen LogP contribution in [0.3, 0.4) is 0 Å². The molecule has 2 N–H and O–H groups in total. The van der Waals surface area contributed by atoms with Gasteiger partial charge in [-0.2, -0.15) is 0 Å². The van der Waals surface area contributed by atoms with Gasteiger partial charge in [-0.25, -0.2) is 4.98 Å². The van der Waals surface area contributed by atoms with Crippen LogP contribution >= 0.6 is 0 Å². The van der Waals surface area contributed by atoms with E-state index in [-0.39, 0.29) is 5.54 Å². The van der Waals surface area contributed by atoms with Crippen LogP contribution in [0.15, 0.2) is 12.4 Å². The maximum atomic E-state index is 6.30. The molecule has 0 saturated carbocycles. The number of aryl methyl sites for hydroxylation is 1. The highest BCUT2D eigenvalue weighted by Gasteiger charge is 2.22. The predicted octanol–water partition coefficient (Wildman–Crippen LogP) is 2.35. The van der Waals surface area contributed by atoms with E-state index >= 15 is 0 Å². The first-order valence-electron chi connectivity index (χ1n) is 5.94. The Bertz CT molecular complexity index is 287. The minimum absolute atomic E-state index is 0.0865. The molecule has 0 aliphatic rings. The highest BCUT2D eigenvalue weighted by Crippen LogP contribution is 2.17. The summed E-state index contributed by atoms with van der Waals surface area (Å²) in [4.78, 5) is 4.40. The Morgan fingerprint density at radius 1 is 1.33 bits per heavy atom. The number of hydrogen-bond donors (Lipinski definition) is 1. The highest BCUT2D eigenvalue weighted by molar-refractivity contribution is 5.00. The molecule has 1 heterocycles. The summed E-state index contributed by atoms with van der Waals surface area (Å²) in [5.74, 6) is 1.13. The summed E-state index contributed by atoms with van der Waals surface area (Å²) < 4.78 is 2.22. The second-order valence-corrected chi connectivity index (χ2v) is 4.28. The number of imidazole rings is 1. The third kappa shape index (κ3) is 3.06. The molecule has 0 aliphatic heterocycles. The van der Waals surface area contributed by atoms with E-state index in [1.54, 1.807) is 0 Å². The molecule has 1 rings (SSSR count). The fourth-order valence-electron chi connectivity index (χ4n) is 1.77. The molecule has 0 unspecified atom stereocenters. The zero-order valence-electron chi connectivity index (χ0n) is 10.2. The van der Waals surface area contributed by atoms with Crippen molar-refractivity contribution in [2.24, 2.45) is 5.73 Å². The van der Waals surface area contributed by atoms with E-state index in [1.807, 2.05) is 12.4 Å². The number of nitrogens with two attached hydrogens (primary N) is 1. The highest BCUT2D eigenvalue weighted by atomic mass is 15.1. The molecule has 0 bridgehead atoms. The first kappa shape index (κ1) is 12.2. The average molecular weight is 209 g/mol. The summed E-state index contributed by atoms with van der Waals surface area (Å²) in [6.07, 6.45) is 7.94. The monoisotopic (exact) mass is 209 g/mol. The number of aromatic nitrogens is 2. The molecule has 0 aliphatic carbocycles. The van der Waals surface area contributed by atoms with Gasteiger partial charge in [0, 0.05) is 30.9 Å². The normalized spacial score (nSPS) is 12.0. The lowest BCUT2D eigenvalue weighted by atomic mass is 9.90. The summed E-state index contributed by atoms with van der Waals surface area (Å²) in [6, 6.07) is 0. The van der Waals surface area contributed by atoms with Crippen molar-refractivity contribution in [2.75, 3.05) is 0 Å². The predicted molar refractivity (Wildman–Crippen MR) is 63.7 cm³/mol. The number of rotatable bonds is 6. The van der Waals surface area contributed by atoms with Crippen LogP contribution in [0.4, 0.5) is 0 Å². The maximum absolute atomic E-state index is 6.30. The van der Waals surface area contributed by atoms with Gasteiger partial charge in [0.15, 0.2) is 0 Å². The van der Waals surface area contributed by atoms with E-state index in [4.69, 9.17) is 5.73 Å². The van der Waals surface area contributed by atoms with Gasteiger partial charge in [0.2, 0.25) is 0 Å². The van der Waals surface area contributed by atoms with Crippen molar-refractivity contribution in [3.63, 3.8) is 0 Å². The van der Waals surface area contributed by atoms with Crippen LogP contribution in [0.5, 0.6) is 0 Å². The Hall–Kier alpha value is -0.830. The van der Waals surface area contributed by atoms with Gasteiger partial charge in [0.25, 0.3) is 0 Å². The molecule has 0 saturated heterocycles. The fourth-order valence-corrected chi connectivity index (χ4v) is 1.77. The Morgan fingerprint density at radius 2 is 2.00 bits per heavy atom. The van der Waals surface area contributed by atoms with Gasteiger partial charge in [-0.05, 0) is 19.3 Å². The molecular weight excluding hydrogens is 186 g/mol. The lowest BCUT2D eigenvalue weighted by Crippen LogP contribution is -2.41. The maximum Gasteiger partial charge on any atom is 0.110 e. The molecule has 0 fully saturated rings. The van der Waals surface area contributed by atoms with Gasteiger partial charge in [0.1, 0.15) is 5.82 Å². The van der Waals surface area contributed by atoms with Gasteiger partial charge >= 0.3 is 0 Å². The molecule has 3 heteroatoms. The second-order valence-electron chi connectivity index (χ2n) is 4.28. The van der Waals surface area contributed by atoms with Crippen molar-refractivity contribution >= 4 is 0 Å². The Kier molecular flexibility index (Phi) is 4.33. The Balaban J connectivity index is 2.74. The summed E-state index contributed by atoms with van der Waals surface area (Å²) >= 11 is 0. The lowest BCUT2D eigenvalue weighted by Gasteiger charge is -2.26. The van der Waals surface area contributed by atoms with Gasteiger partial charge < -0.3 is 10.3 Å². The van der Waals surface area contributed by atoms with Crippen LogP contribution in [0.25, 0.3) is 0 Å². The number of hydrogen-bond acceptors (Lipinski definition) is 2. The summed E-state index contributed by atoms with van der Waals surface area (Å²) in [5.41, 5.74) is 6.21. The van der Waals surface area contributed by atoms with Crippen LogP contribution in [-0.2, 0) is 13.0 Å². The fraction of sp³-hybridized carbons (Fsp3) is 0.750. The quantitative estimate of drug-likeness (QED) is 0.781. The SMILES string of the molecule is CCCn1ccnc1CC(N)(CC)CC. The van der Waals surface area contributed by atoms with Crippen molar-refractivity contribution in [3.8, 4) is 0 Å². The minimum atomic E-state index is -0.0865. The molecule has 1 aromatic rings. The largest absolute Gasteiger partial charge is 0.335 e. The van der Waals surface area contributed by atoms with Crippen molar-refractivity contribution < 1.29 is 0 Å². The Labute approximate surface area is 92.7 Å². The van der Waals surface area contributed by atoms with Crippen LogP contribution in [-0.4, -0.2) is 15.1 Å². The smallest absolute Gasteiger partial charge is 0.110 e. The third-order valence-corrected chi connectivity index (χ3v) is 3.18. The van der Waals surface area contributed by atoms with Crippen LogP contribution in [0.2, 0.25) is 0 Å². The Morgan fingerprint density at radius 3 is 2.53 bits per heavy atom. The molecule has 0 atom stereocenters. The van der Waals surface area contributed by atoms with Crippen LogP contribution in [0.1, 0.15) is 45.9 Å². The van der Waals surface area contributed by atoms with E-state index in [1.165, 1.54) is 0 Å². The third-order valence-electron chi connectivity index (χ3n) is 3.18. The van der Waals surface area contributed by atoms with Gasteiger partial charge in [-0.15, -0.1) is 0 Å². The van der Waals surface area contributed by atoms with E-state index < -0.39 is 0 Å². The molecule has 86 valence electrons. The first-order valence-corrected chi connectivity index (χ1v) is 5.94. The molecule has 0 spiro atoms. The summed E-state index contributed by atoms with van der Waals surface area (Å²) in [7, 11) is 0. The first-order chi connectivity index (χ1) is 7.15. The van der Waals surface area contributed by atoms with E-state index in [9.17, 15) is 0 Å². The van der Waals surface area contributed by atoms with Gasteiger partial charge in [-0.3, -0.25) is 0 Å². The summed E-state index contributed by atoms with van der Waals surface area (Å²) in [6.45, 7) is 7.52. The molecular formula is C12H23N3. The minimum Gasteiger partial charge on any atom is -0.335 e.